The maximum absolute atomic E-state index is 12.2. The van der Waals surface area contributed by atoms with Crippen LogP contribution in [0.3, 0.4) is 0 Å². The van der Waals surface area contributed by atoms with Crippen LogP contribution in [-0.4, -0.2) is 17.8 Å². The van der Waals surface area contributed by atoms with Crippen molar-refractivity contribution in [1.29, 1.82) is 0 Å². The molecule has 1 aliphatic rings. The Balaban J connectivity index is 1.52. The smallest absolute Gasteiger partial charge is 0.387 e. The van der Waals surface area contributed by atoms with Gasteiger partial charge in [0, 0.05) is 11.4 Å². The van der Waals surface area contributed by atoms with Crippen molar-refractivity contribution in [2.24, 2.45) is 0 Å². The van der Waals surface area contributed by atoms with Crippen molar-refractivity contribution in [3.8, 4) is 5.75 Å². The van der Waals surface area contributed by atoms with Crippen LogP contribution in [0, 0.1) is 0 Å². The van der Waals surface area contributed by atoms with Crippen LogP contribution >= 0.6 is 11.8 Å². The van der Waals surface area contributed by atoms with Gasteiger partial charge in [-0.05, 0) is 35.7 Å². The minimum Gasteiger partial charge on any atom is -0.435 e. The van der Waals surface area contributed by atoms with Crippen molar-refractivity contribution < 1.29 is 18.3 Å². The topological polar surface area (TPSA) is 38.3 Å². The van der Waals surface area contributed by atoms with Crippen molar-refractivity contribution in [1.82, 2.24) is 5.32 Å². The van der Waals surface area contributed by atoms with Crippen LogP contribution in [0.15, 0.2) is 53.4 Å². The summed E-state index contributed by atoms with van der Waals surface area (Å²) in [6.07, 6.45) is 0.730. The normalized spacial score (nSPS) is 16.2. The van der Waals surface area contributed by atoms with Crippen molar-refractivity contribution in [2.45, 2.75) is 29.7 Å². The molecule has 0 fully saturated rings. The molecule has 3 nitrogen and oxygen atoms in total. The number of hydrogen-bond acceptors (Lipinski definition) is 3. The predicted octanol–water partition coefficient (Wildman–Crippen LogP) is 3.62. The highest BCUT2D eigenvalue weighted by atomic mass is 32.2. The molecule has 0 radical (unpaired) electrons. The maximum atomic E-state index is 12.2. The van der Waals surface area contributed by atoms with E-state index in [1.165, 1.54) is 17.7 Å². The maximum Gasteiger partial charge on any atom is 0.387 e. The highest BCUT2D eigenvalue weighted by Gasteiger charge is 2.27. The monoisotopic (exact) mass is 335 g/mol. The van der Waals surface area contributed by atoms with Gasteiger partial charge in [-0.3, -0.25) is 4.79 Å². The second-order valence-corrected chi connectivity index (χ2v) is 6.40. The molecule has 0 saturated carbocycles. The molecule has 0 bridgehead atoms. The van der Waals surface area contributed by atoms with E-state index in [4.69, 9.17) is 0 Å². The summed E-state index contributed by atoms with van der Waals surface area (Å²) in [4.78, 5) is 13.4. The van der Waals surface area contributed by atoms with Crippen molar-refractivity contribution in [3.05, 3.63) is 59.7 Å². The van der Waals surface area contributed by atoms with Crippen LogP contribution in [-0.2, 0) is 17.8 Å². The van der Waals surface area contributed by atoms with Gasteiger partial charge in [0.1, 0.15) is 5.75 Å². The van der Waals surface area contributed by atoms with Crippen LogP contribution in [0.1, 0.15) is 11.1 Å². The molecule has 3 rings (SSSR count). The second-order valence-electron chi connectivity index (χ2n) is 5.16. The first-order chi connectivity index (χ1) is 11.1. The summed E-state index contributed by atoms with van der Waals surface area (Å²) in [5.74, 6) is 0.0935. The largest absolute Gasteiger partial charge is 0.435 e. The van der Waals surface area contributed by atoms with E-state index in [-0.39, 0.29) is 16.9 Å². The summed E-state index contributed by atoms with van der Waals surface area (Å²) in [5.41, 5.74) is 2.03. The zero-order valence-corrected chi connectivity index (χ0v) is 13.0. The molecule has 1 aliphatic heterocycles. The molecule has 0 spiro atoms. The number of ether oxygens (including phenoxy) is 1. The molecule has 2 aromatic rings. The molecule has 1 heterocycles. The Morgan fingerprint density at radius 3 is 2.65 bits per heavy atom. The van der Waals surface area contributed by atoms with Crippen molar-refractivity contribution in [3.63, 3.8) is 0 Å². The van der Waals surface area contributed by atoms with Gasteiger partial charge in [0.2, 0.25) is 5.91 Å². The number of rotatable bonds is 5. The van der Waals surface area contributed by atoms with Crippen molar-refractivity contribution >= 4 is 17.7 Å². The number of hydrogen-bond donors (Lipinski definition) is 1. The van der Waals surface area contributed by atoms with Crippen LogP contribution in [0.5, 0.6) is 5.75 Å². The third-order valence-corrected chi connectivity index (χ3v) is 4.87. The number of carbonyl (C=O) groups is 1. The first-order valence-corrected chi connectivity index (χ1v) is 8.06. The fraction of sp³-hybridized carbons (Fsp3) is 0.235. The number of thioether (sulfide) groups is 1. The zero-order valence-electron chi connectivity index (χ0n) is 12.2. The molecule has 0 saturated heterocycles. The van der Waals surface area contributed by atoms with Crippen LogP contribution in [0.25, 0.3) is 0 Å². The molecule has 23 heavy (non-hydrogen) atoms. The molecule has 1 amide bonds. The third-order valence-electron chi connectivity index (χ3n) is 3.55. The van der Waals surface area contributed by atoms with Crippen LogP contribution in [0.2, 0.25) is 0 Å². The predicted molar refractivity (Wildman–Crippen MR) is 84.7 cm³/mol. The van der Waals surface area contributed by atoms with Gasteiger partial charge in [-0.15, -0.1) is 11.8 Å². The lowest BCUT2D eigenvalue weighted by molar-refractivity contribution is -0.120. The van der Waals surface area contributed by atoms with E-state index in [1.54, 1.807) is 23.9 Å². The van der Waals surface area contributed by atoms with E-state index in [2.05, 4.69) is 10.1 Å². The molecule has 120 valence electrons. The molecular weight excluding hydrogens is 320 g/mol. The number of alkyl halides is 2. The number of benzene rings is 2. The minimum absolute atomic E-state index is 0.0147. The number of carbonyl (C=O) groups excluding carboxylic acids is 1. The van der Waals surface area contributed by atoms with E-state index < -0.39 is 6.61 Å². The molecule has 1 N–H and O–H groups in total. The van der Waals surface area contributed by atoms with E-state index in [0.717, 1.165) is 16.9 Å². The Morgan fingerprint density at radius 2 is 1.96 bits per heavy atom. The first kappa shape index (κ1) is 15.8. The average molecular weight is 335 g/mol. The lowest BCUT2D eigenvalue weighted by Gasteiger charge is -2.10. The summed E-state index contributed by atoms with van der Waals surface area (Å²) in [6, 6.07) is 14.3. The van der Waals surface area contributed by atoms with Gasteiger partial charge < -0.3 is 10.1 Å². The molecule has 0 aliphatic carbocycles. The summed E-state index contributed by atoms with van der Waals surface area (Å²) < 4.78 is 28.4. The van der Waals surface area contributed by atoms with Crippen LogP contribution in [0.4, 0.5) is 8.78 Å². The number of nitrogens with one attached hydrogen (secondary N) is 1. The SMILES string of the molecule is O=C(NCc1ccc(OC(F)F)cc1)C1Cc2ccccc2S1. The van der Waals surface area contributed by atoms with Gasteiger partial charge >= 0.3 is 6.61 Å². The Bertz CT molecular complexity index is 666. The second kappa shape index (κ2) is 7.00. The van der Waals surface area contributed by atoms with Gasteiger partial charge in [0.25, 0.3) is 0 Å². The molecule has 1 unspecified atom stereocenters. The van der Waals surface area contributed by atoms with Gasteiger partial charge in [-0.1, -0.05) is 30.3 Å². The summed E-state index contributed by atoms with van der Waals surface area (Å²) >= 11 is 1.57. The number of amides is 1. The zero-order chi connectivity index (χ0) is 16.2. The fourth-order valence-electron chi connectivity index (χ4n) is 2.42. The van der Waals surface area contributed by atoms with E-state index in [0.29, 0.717) is 6.54 Å². The molecule has 0 aromatic heterocycles. The Morgan fingerprint density at radius 1 is 1.22 bits per heavy atom. The third kappa shape index (κ3) is 4.01. The van der Waals surface area contributed by atoms with E-state index in [1.807, 2.05) is 24.3 Å². The van der Waals surface area contributed by atoms with E-state index in [9.17, 15) is 13.6 Å². The Kier molecular flexibility index (Phi) is 4.81. The van der Waals surface area contributed by atoms with Gasteiger partial charge in [0.15, 0.2) is 0 Å². The molecule has 6 heteroatoms. The van der Waals surface area contributed by atoms with Gasteiger partial charge in [-0.25, -0.2) is 0 Å². The molecule has 2 aromatic carbocycles. The fourth-order valence-corrected chi connectivity index (χ4v) is 3.64. The highest BCUT2D eigenvalue weighted by Crippen LogP contribution is 2.36. The minimum atomic E-state index is -2.83. The summed E-state index contributed by atoms with van der Waals surface area (Å²) in [6.45, 7) is -2.47. The lowest BCUT2D eigenvalue weighted by atomic mass is 10.1. The number of halogens is 2. The quantitative estimate of drug-likeness (QED) is 0.907. The molecule has 1 atom stereocenters. The van der Waals surface area contributed by atoms with Gasteiger partial charge in [-0.2, -0.15) is 8.78 Å². The first-order valence-electron chi connectivity index (χ1n) is 7.18. The van der Waals surface area contributed by atoms with Gasteiger partial charge in [0.05, 0.1) is 5.25 Å². The Labute approximate surface area is 137 Å². The standard InChI is InChI=1S/C17H15F2NO2S/c18-17(19)22-13-7-5-11(6-8-13)10-20-16(21)15-9-12-3-1-2-4-14(12)23-15/h1-8,15,17H,9-10H2,(H,20,21). The average Bonchev–Trinajstić information content (AvgIpc) is 2.97. The van der Waals surface area contributed by atoms with Crippen molar-refractivity contribution in [2.75, 3.05) is 0 Å². The Hall–Kier alpha value is -2.08. The van der Waals surface area contributed by atoms with E-state index >= 15 is 0 Å². The molecular formula is C17H15F2NO2S. The summed E-state index contributed by atoms with van der Waals surface area (Å²) in [5, 5.41) is 2.77. The number of fused-ring (bicyclic) bond motifs is 1. The summed E-state index contributed by atoms with van der Waals surface area (Å²) in [7, 11) is 0. The lowest BCUT2D eigenvalue weighted by Crippen LogP contribution is -2.31. The van der Waals surface area contributed by atoms with Crippen LogP contribution < -0.4 is 10.1 Å². The highest BCUT2D eigenvalue weighted by molar-refractivity contribution is 8.01.